The van der Waals surface area contributed by atoms with Crippen LogP contribution in [0.4, 0.5) is 0 Å². The van der Waals surface area contributed by atoms with Gasteiger partial charge in [-0.25, -0.2) is 0 Å². The molecule has 0 aliphatic rings. The van der Waals surface area contributed by atoms with Crippen molar-refractivity contribution in [3.05, 3.63) is 0 Å². The molecule has 0 aromatic carbocycles. The van der Waals surface area contributed by atoms with Crippen LogP contribution in [0.2, 0.25) is 0 Å². The Kier molecular flexibility index (Phi) is 8.33. The van der Waals surface area contributed by atoms with Crippen LogP contribution in [0, 0.1) is 0 Å². The summed E-state index contributed by atoms with van der Waals surface area (Å²) in [7, 11) is 3.93. The number of hydrogen-bond donors (Lipinski definition) is 2. The zero-order chi connectivity index (χ0) is 11.7. The van der Waals surface area contributed by atoms with E-state index in [-0.39, 0.29) is 11.9 Å². The van der Waals surface area contributed by atoms with Crippen LogP contribution in [0.1, 0.15) is 32.6 Å². The lowest BCUT2D eigenvalue weighted by atomic mass is 10.1. The van der Waals surface area contributed by atoms with Gasteiger partial charge in [-0.15, -0.1) is 0 Å². The Labute approximate surface area is 93.2 Å². The molecule has 1 atom stereocenters. The average molecular weight is 215 g/mol. The molecule has 0 saturated carbocycles. The van der Waals surface area contributed by atoms with Crippen molar-refractivity contribution in [2.45, 2.75) is 38.6 Å². The van der Waals surface area contributed by atoms with E-state index in [1.807, 2.05) is 19.0 Å². The van der Waals surface area contributed by atoms with E-state index in [9.17, 15) is 4.79 Å². The zero-order valence-corrected chi connectivity index (χ0v) is 10.3. The second-order valence-corrected chi connectivity index (χ2v) is 4.20. The van der Waals surface area contributed by atoms with E-state index in [2.05, 4.69) is 12.2 Å². The molecule has 0 spiro atoms. The van der Waals surface area contributed by atoms with Crippen LogP contribution < -0.4 is 11.1 Å². The minimum atomic E-state index is 0.107. The lowest BCUT2D eigenvalue weighted by Crippen LogP contribution is -2.41. The SMILES string of the molecule is CCCCC(CN)NC(=O)CCN(C)C. The molecule has 0 aliphatic carbocycles. The molecule has 0 rings (SSSR count). The number of rotatable bonds is 8. The van der Waals surface area contributed by atoms with Gasteiger partial charge in [0.1, 0.15) is 0 Å². The van der Waals surface area contributed by atoms with E-state index < -0.39 is 0 Å². The summed E-state index contributed by atoms with van der Waals surface area (Å²) in [5.74, 6) is 0.107. The summed E-state index contributed by atoms with van der Waals surface area (Å²) in [6, 6.07) is 0.152. The molecule has 0 bridgehead atoms. The van der Waals surface area contributed by atoms with Gasteiger partial charge in [0.25, 0.3) is 0 Å². The Bertz CT molecular complexity index is 171. The number of carbonyl (C=O) groups is 1. The molecule has 0 heterocycles. The third-order valence-corrected chi connectivity index (χ3v) is 2.34. The van der Waals surface area contributed by atoms with Gasteiger partial charge < -0.3 is 16.0 Å². The van der Waals surface area contributed by atoms with E-state index in [1.165, 1.54) is 0 Å². The average Bonchev–Trinajstić information content (AvgIpc) is 2.21. The first-order valence-electron chi connectivity index (χ1n) is 5.74. The van der Waals surface area contributed by atoms with Gasteiger partial charge >= 0.3 is 0 Å². The van der Waals surface area contributed by atoms with Crippen molar-refractivity contribution in [2.24, 2.45) is 5.73 Å². The number of unbranched alkanes of at least 4 members (excludes halogenated alkanes) is 1. The van der Waals surface area contributed by atoms with Crippen LogP contribution in [0.3, 0.4) is 0 Å². The van der Waals surface area contributed by atoms with Gasteiger partial charge in [0.2, 0.25) is 5.91 Å². The smallest absolute Gasteiger partial charge is 0.221 e. The maximum atomic E-state index is 11.5. The maximum absolute atomic E-state index is 11.5. The highest BCUT2D eigenvalue weighted by Gasteiger charge is 2.09. The Morgan fingerprint density at radius 1 is 1.47 bits per heavy atom. The monoisotopic (exact) mass is 215 g/mol. The van der Waals surface area contributed by atoms with Gasteiger partial charge in [0, 0.05) is 25.6 Å². The van der Waals surface area contributed by atoms with Crippen LogP contribution in [-0.4, -0.2) is 44.0 Å². The molecule has 0 saturated heterocycles. The number of amides is 1. The molecule has 90 valence electrons. The fourth-order valence-corrected chi connectivity index (χ4v) is 1.32. The molecule has 0 aliphatic heterocycles. The summed E-state index contributed by atoms with van der Waals surface area (Å²) < 4.78 is 0. The Morgan fingerprint density at radius 3 is 2.60 bits per heavy atom. The lowest BCUT2D eigenvalue weighted by molar-refractivity contribution is -0.122. The van der Waals surface area contributed by atoms with Crippen LogP contribution in [0.15, 0.2) is 0 Å². The molecule has 0 radical (unpaired) electrons. The van der Waals surface area contributed by atoms with Crippen molar-refractivity contribution in [1.29, 1.82) is 0 Å². The minimum Gasteiger partial charge on any atom is -0.352 e. The number of nitrogens with zero attached hydrogens (tertiary/aromatic N) is 1. The highest BCUT2D eigenvalue weighted by molar-refractivity contribution is 5.76. The van der Waals surface area contributed by atoms with Crippen molar-refractivity contribution < 1.29 is 4.79 Å². The molecular formula is C11H25N3O. The molecule has 4 heteroatoms. The van der Waals surface area contributed by atoms with E-state index in [0.29, 0.717) is 13.0 Å². The topological polar surface area (TPSA) is 58.4 Å². The first-order chi connectivity index (χ1) is 7.10. The lowest BCUT2D eigenvalue weighted by Gasteiger charge is -2.17. The van der Waals surface area contributed by atoms with Crippen LogP contribution in [0.25, 0.3) is 0 Å². The van der Waals surface area contributed by atoms with Crippen LogP contribution in [0.5, 0.6) is 0 Å². The first-order valence-corrected chi connectivity index (χ1v) is 5.74. The normalized spacial score (nSPS) is 12.9. The number of carbonyl (C=O) groups excluding carboxylic acids is 1. The van der Waals surface area contributed by atoms with Crippen LogP contribution >= 0.6 is 0 Å². The van der Waals surface area contributed by atoms with Gasteiger partial charge in [0.15, 0.2) is 0 Å². The van der Waals surface area contributed by atoms with Gasteiger partial charge in [-0.3, -0.25) is 4.79 Å². The quantitative estimate of drug-likeness (QED) is 0.622. The zero-order valence-electron chi connectivity index (χ0n) is 10.3. The molecule has 0 fully saturated rings. The Hall–Kier alpha value is -0.610. The Morgan fingerprint density at radius 2 is 2.13 bits per heavy atom. The maximum Gasteiger partial charge on any atom is 0.221 e. The van der Waals surface area contributed by atoms with Gasteiger partial charge in [-0.05, 0) is 20.5 Å². The third kappa shape index (κ3) is 8.39. The van der Waals surface area contributed by atoms with Crippen molar-refractivity contribution >= 4 is 5.91 Å². The predicted molar refractivity (Wildman–Crippen MR) is 63.7 cm³/mol. The summed E-state index contributed by atoms with van der Waals surface area (Å²) in [6.07, 6.45) is 3.80. The number of nitrogens with two attached hydrogens (primary N) is 1. The third-order valence-electron chi connectivity index (χ3n) is 2.34. The molecule has 1 unspecified atom stereocenters. The van der Waals surface area contributed by atoms with Crippen molar-refractivity contribution in [3.8, 4) is 0 Å². The second-order valence-electron chi connectivity index (χ2n) is 4.20. The van der Waals surface area contributed by atoms with E-state index in [4.69, 9.17) is 5.73 Å². The highest BCUT2D eigenvalue weighted by atomic mass is 16.1. The van der Waals surface area contributed by atoms with Gasteiger partial charge in [-0.1, -0.05) is 19.8 Å². The predicted octanol–water partition coefficient (Wildman–Crippen LogP) is 0.572. The summed E-state index contributed by atoms with van der Waals surface area (Å²) >= 11 is 0. The van der Waals surface area contributed by atoms with E-state index in [0.717, 1.165) is 25.8 Å². The molecule has 15 heavy (non-hydrogen) atoms. The minimum absolute atomic E-state index is 0.107. The highest BCUT2D eigenvalue weighted by Crippen LogP contribution is 1.99. The molecule has 1 amide bonds. The van der Waals surface area contributed by atoms with Crippen molar-refractivity contribution in [1.82, 2.24) is 10.2 Å². The summed E-state index contributed by atoms with van der Waals surface area (Å²) in [5, 5.41) is 2.97. The van der Waals surface area contributed by atoms with E-state index in [1.54, 1.807) is 0 Å². The summed E-state index contributed by atoms with van der Waals surface area (Å²) in [5.41, 5.74) is 5.59. The Balaban J connectivity index is 3.70. The molecule has 0 aromatic rings. The first kappa shape index (κ1) is 14.4. The second kappa shape index (κ2) is 8.68. The van der Waals surface area contributed by atoms with Crippen LogP contribution in [-0.2, 0) is 4.79 Å². The molecule has 4 nitrogen and oxygen atoms in total. The fourth-order valence-electron chi connectivity index (χ4n) is 1.32. The number of hydrogen-bond acceptors (Lipinski definition) is 3. The summed E-state index contributed by atoms with van der Waals surface area (Å²) in [4.78, 5) is 13.5. The summed E-state index contributed by atoms with van der Waals surface area (Å²) in [6.45, 7) is 3.46. The molecular weight excluding hydrogens is 190 g/mol. The van der Waals surface area contributed by atoms with E-state index >= 15 is 0 Å². The fraction of sp³-hybridized carbons (Fsp3) is 0.909. The largest absolute Gasteiger partial charge is 0.352 e. The molecule has 3 N–H and O–H groups in total. The standard InChI is InChI=1S/C11H25N3O/c1-4-5-6-10(9-12)13-11(15)7-8-14(2)3/h10H,4-9,12H2,1-3H3,(H,13,15). The van der Waals surface area contributed by atoms with Crippen molar-refractivity contribution in [3.63, 3.8) is 0 Å². The van der Waals surface area contributed by atoms with Gasteiger partial charge in [-0.2, -0.15) is 0 Å². The van der Waals surface area contributed by atoms with Gasteiger partial charge in [0.05, 0.1) is 0 Å². The molecule has 0 aromatic heterocycles. The van der Waals surface area contributed by atoms with Crippen molar-refractivity contribution in [2.75, 3.05) is 27.2 Å². The number of nitrogens with one attached hydrogen (secondary N) is 1.